The molecule has 8 nitrogen and oxygen atoms in total. The predicted octanol–water partition coefficient (Wildman–Crippen LogP) is 2.96. The van der Waals surface area contributed by atoms with Gasteiger partial charge in [-0.05, 0) is 39.3 Å². The Balaban J connectivity index is 3.11. The number of hydrogen-bond donors (Lipinski definition) is 0. The molecule has 23 heavy (non-hydrogen) atoms. The predicted molar refractivity (Wildman–Crippen MR) is 82.8 cm³/mol. The highest BCUT2D eigenvalue weighted by Gasteiger charge is 2.31. The molecule has 0 aliphatic rings. The number of nitrogens with zero attached hydrogens (tertiary/aromatic N) is 4. The van der Waals surface area contributed by atoms with E-state index in [-0.39, 0.29) is 17.7 Å². The first-order chi connectivity index (χ1) is 10.7. The van der Waals surface area contributed by atoms with Gasteiger partial charge in [-0.3, -0.25) is 14.5 Å². The van der Waals surface area contributed by atoms with Crippen molar-refractivity contribution in [2.45, 2.75) is 39.3 Å². The molecule has 0 heterocycles. The molecule has 1 unspecified atom stereocenters. The zero-order chi connectivity index (χ0) is 17.6. The van der Waals surface area contributed by atoms with E-state index in [4.69, 9.17) is 10.3 Å². The van der Waals surface area contributed by atoms with E-state index in [2.05, 4.69) is 10.0 Å². The molecule has 1 aromatic carbocycles. The fourth-order valence-electron chi connectivity index (χ4n) is 1.74. The summed E-state index contributed by atoms with van der Waals surface area (Å²) in [6, 6.07) is 4.88. The van der Waals surface area contributed by atoms with Gasteiger partial charge in [-0.25, -0.2) is 4.79 Å². The molecule has 0 saturated heterocycles. The van der Waals surface area contributed by atoms with Crippen molar-refractivity contribution in [1.82, 2.24) is 4.90 Å². The number of ether oxygens (including phenoxy) is 1. The summed E-state index contributed by atoms with van der Waals surface area (Å²) in [7, 11) is 0. The Bertz CT molecular complexity index is 660. The Labute approximate surface area is 133 Å². The van der Waals surface area contributed by atoms with Crippen molar-refractivity contribution in [2.24, 2.45) is 5.11 Å². The summed E-state index contributed by atoms with van der Waals surface area (Å²) in [4.78, 5) is 39.2. The molecular weight excluding hydrogens is 300 g/mol. The van der Waals surface area contributed by atoms with Crippen LogP contribution in [0.5, 0.6) is 0 Å². The van der Waals surface area contributed by atoms with Gasteiger partial charge in [0.05, 0.1) is 5.69 Å². The van der Waals surface area contributed by atoms with Crippen molar-refractivity contribution in [3.8, 4) is 0 Å². The summed E-state index contributed by atoms with van der Waals surface area (Å²) in [6.07, 6.45) is 0.254. The van der Waals surface area contributed by atoms with Crippen LogP contribution in [0.3, 0.4) is 0 Å². The van der Waals surface area contributed by atoms with Crippen molar-refractivity contribution in [3.63, 3.8) is 0 Å². The fourth-order valence-corrected chi connectivity index (χ4v) is 1.74. The van der Waals surface area contributed by atoms with Gasteiger partial charge < -0.3 is 4.74 Å². The molecule has 1 rings (SSSR count). The maximum Gasteiger partial charge on any atom is 0.329 e. The lowest BCUT2D eigenvalue weighted by Gasteiger charge is -2.26. The quantitative estimate of drug-likeness (QED) is 0.273. The number of rotatable bonds is 5. The van der Waals surface area contributed by atoms with Gasteiger partial charge in [0, 0.05) is 10.5 Å². The van der Waals surface area contributed by atoms with Crippen LogP contribution < -0.4 is 0 Å². The second kappa shape index (κ2) is 7.42. The van der Waals surface area contributed by atoms with Gasteiger partial charge in [-0.15, -0.1) is 0 Å². The highest BCUT2D eigenvalue weighted by Crippen LogP contribution is 2.21. The molecule has 0 aliphatic carbocycles. The van der Waals surface area contributed by atoms with Gasteiger partial charge in [-0.2, -0.15) is 0 Å². The van der Waals surface area contributed by atoms with E-state index in [1.807, 2.05) is 0 Å². The van der Waals surface area contributed by atoms with Gasteiger partial charge in [-0.1, -0.05) is 23.3 Å². The SMILES string of the molecule is CC(C(=O)OC(C)(C)C)N(C=O)C(=O)c1ccccc1N=[N+]=[N-]. The standard InChI is InChI=1S/C15H18N4O4/c1-10(14(22)23-15(2,3)4)19(9-20)13(21)11-7-5-6-8-12(11)17-18-16/h5-10H,1-4H3. The van der Waals surface area contributed by atoms with Crippen LogP contribution in [0, 0.1) is 0 Å². The summed E-state index contributed by atoms with van der Waals surface area (Å²) in [5, 5.41) is 3.41. The minimum absolute atomic E-state index is 0.0211. The minimum Gasteiger partial charge on any atom is -0.458 e. The number of esters is 1. The van der Waals surface area contributed by atoms with Gasteiger partial charge in [0.1, 0.15) is 11.6 Å². The van der Waals surface area contributed by atoms with Crippen molar-refractivity contribution in [2.75, 3.05) is 0 Å². The normalized spacial score (nSPS) is 11.8. The lowest BCUT2D eigenvalue weighted by molar-refractivity contribution is -0.160. The third-order valence-electron chi connectivity index (χ3n) is 2.80. The molecule has 0 aliphatic heterocycles. The topological polar surface area (TPSA) is 112 Å². The highest BCUT2D eigenvalue weighted by atomic mass is 16.6. The van der Waals surface area contributed by atoms with E-state index >= 15 is 0 Å². The molecule has 0 N–H and O–H groups in total. The minimum atomic E-state index is -1.11. The Hall–Kier alpha value is -2.86. The molecule has 0 radical (unpaired) electrons. The molecule has 122 valence electrons. The van der Waals surface area contributed by atoms with Crippen LogP contribution in [-0.4, -0.2) is 34.8 Å². The van der Waals surface area contributed by atoms with Crippen LogP contribution in [0.25, 0.3) is 10.4 Å². The fraction of sp³-hybridized carbons (Fsp3) is 0.400. The van der Waals surface area contributed by atoms with E-state index < -0.39 is 23.5 Å². The molecule has 0 fully saturated rings. The maximum absolute atomic E-state index is 12.5. The first-order valence-electron chi connectivity index (χ1n) is 6.86. The van der Waals surface area contributed by atoms with Crippen LogP contribution in [0.15, 0.2) is 29.4 Å². The van der Waals surface area contributed by atoms with Crippen LogP contribution in [0.1, 0.15) is 38.1 Å². The van der Waals surface area contributed by atoms with E-state index in [0.717, 1.165) is 0 Å². The average Bonchev–Trinajstić information content (AvgIpc) is 2.46. The summed E-state index contributed by atoms with van der Waals surface area (Å²) in [6.45, 7) is 6.43. The summed E-state index contributed by atoms with van der Waals surface area (Å²) in [5.41, 5.74) is 7.89. The Kier molecular flexibility index (Phi) is 5.87. The monoisotopic (exact) mass is 318 g/mol. The number of azide groups is 1. The Morgan fingerprint density at radius 1 is 1.35 bits per heavy atom. The number of amides is 2. The third kappa shape index (κ3) is 4.82. The van der Waals surface area contributed by atoms with Crippen LogP contribution in [-0.2, 0) is 14.3 Å². The van der Waals surface area contributed by atoms with Crippen molar-refractivity contribution < 1.29 is 19.1 Å². The lowest BCUT2D eigenvalue weighted by Crippen LogP contribution is -2.45. The largest absolute Gasteiger partial charge is 0.458 e. The van der Waals surface area contributed by atoms with Gasteiger partial charge in [0.15, 0.2) is 0 Å². The number of hydrogen-bond acceptors (Lipinski definition) is 5. The number of carbonyl (C=O) groups excluding carboxylic acids is 3. The van der Waals surface area contributed by atoms with Crippen LogP contribution in [0.2, 0.25) is 0 Å². The number of carbonyl (C=O) groups is 3. The maximum atomic E-state index is 12.5. The zero-order valence-electron chi connectivity index (χ0n) is 13.4. The number of imide groups is 1. The van der Waals surface area contributed by atoms with Gasteiger partial charge in [0.25, 0.3) is 5.91 Å². The summed E-state index contributed by atoms with van der Waals surface area (Å²) < 4.78 is 5.17. The molecule has 8 heteroatoms. The van der Waals surface area contributed by atoms with Crippen molar-refractivity contribution in [3.05, 3.63) is 40.3 Å². The van der Waals surface area contributed by atoms with E-state index in [1.165, 1.54) is 19.1 Å². The molecule has 0 aromatic heterocycles. The van der Waals surface area contributed by atoms with E-state index in [9.17, 15) is 14.4 Å². The molecule has 1 atom stereocenters. The lowest BCUT2D eigenvalue weighted by atomic mass is 10.1. The van der Waals surface area contributed by atoms with Crippen LogP contribution >= 0.6 is 0 Å². The first-order valence-corrected chi connectivity index (χ1v) is 6.86. The van der Waals surface area contributed by atoms with Crippen LogP contribution in [0.4, 0.5) is 5.69 Å². The number of benzene rings is 1. The molecule has 2 amide bonds. The van der Waals surface area contributed by atoms with E-state index in [1.54, 1.807) is 32.9 Å². The molecular formula is C15H18N4O4. The zero-order valence-corrected chi connectivity index (χ0v) is 13.4. The Morgan fingerprint density at radius 2 is 1.96 bits per heavy atom. The average molecular weight is 318 g/mol. The van der Waals surface area contributed by atoms with Gasteiger partial charge in [0.2, 0.25) is 6.41 Å². The molecule has 0 saturated carbocycles. The summed E-state index contributed by atoms with van der Waals surface area (Å²) in [5.74, 6) is -1.46. The molecule has 1 aromatic rings. The molecule has 0 spiro atoms. The molecule has 0 bridgehead atoms. The van der Waals surface area contributed by atoms with Crippen molar-refractivity contribution in [1.29, 1.82) is 0 Å². The highest BCUT2D eigenvalue weighted by molar-refractivity contribution is 6.05. The summed E-state index contributed by atoms with van der Waals surface area (Å²) >= 11 is 0. The van der Waals surface area contributed by atoms with E-state index in [0.29, 0.717) is 4.90 Å². The smallest absolute Gasteiger partial charge is 0.329 e. The van der Waals surface area contributed by atoms with Crippen molar-refractivity contribution >= 4 is 24.0 Å². The Morgan fingerprint density at radius 3 is 2.48 bits per heavy atom. The second-order valence-corrected chi connectivity index (χ2v) is 5.73. The van der Waals surface area contributed by atoms with Gasteiger partial charge >= 0.3 is 5.97 Å². The third-order valence-corrected chi connectivity index (χ3v) is 2.80. The second-order valence-electron chi connectivity index (χ2n) is 5.73. The first kappa shape index (κ1) is 18.2.